The Hall–Kier alpha value is -1.64. The predicted octanol–water partition coefficient (Wildman–Crippen LogP) is 2.00. The summed E-state index contributed by atoms with van der Waals surface area (Å²) in [6, 6.07) is 5.82. The average molecular weight is 174 g/mol. The van der Waals surface area contributed by atoms with Crippen molar-refractivity contribution >= 4 is 16.9 Å². The summed E-state index contributed by atoms with van der Waals surface area (Å²) in [5.74, 6) is -0.00296. The van der Waals surface area contributed by atoms with Crippen LogP contribution in [0.3, 0.4) is 0 Å². The summed E-state index contributed by atoms with van der Waals surface area (Å²) in [4.78, 5) is 15.3. The SMILES string of the molecule is CC(=O)n1cnc2cccc(C)c21. The molecule has 2 aromatic rings. The molecule has 3 heteroatoms. The first-order valence-corrected chi connectivity index (χ1v) is 4.14. The smallest absolute Gasteiger partial charge is 0.229 e. The lowest BCUT2D eigenvalue weighted by atomic mass is 10.2. The van der Waals surface area contributed by atoms with Gasteiger partial charge in [-0.15, -0.1) is 0 Å². The van der Waals surface area contributed by atoms with Crippen LogP contribution < -0.4 is 0 Å². The molecule has 0 atom stereocenters. The molecular formula is C10H10N2O. The van der Waals surface area contributed by atoms with E-state index < -0.39 is 0 Å². The molecule has 0 aliphatic carbocycles. The summed E-state index contributed by atoms with van der Waals surface area (Å²) < 4.78 is 1.57. The van der Waals surface area contributed by atoms with E-state index in [-0.39, 0.29) is 5.91 Å². The first-order valence-electron chi connectivity index (χ1n) is 4.14. The number of rotatable bonds is 0. The van der Waals surface area contributed by atoms with Crippen molar-refractivity contribution in [3.05, 3.63) is 30.1 Å². The van der Waals surface area contributed by atoms with E-state index in [0.29, 0.717) is 0 Å². The van der Waals surface area contributed by atoms with Gasteiger partial charge in [0.05, 0.1) is 11.0 Å². The molecule has 66 valence electrons. The Morgan fingerprint density at radius 3 is 2.92 bits per heavy atom. The van der Waals surface area contributed by atoms with Gasteiger partial charge < -0.3 is 0 Å². The van der Waals surface area contributed by atoms with Gasteiger partial charge >= 0.3 is 0 Å². The van der Waals surface area contributed by atoms with Gasteiger partial charge in [0.25, 0.3) is 0 Å². The molecule has 0 spiro atoms. The average Bonchev–Trinajstić information content (AvgIpc) is 2.49. The highest BCUT2D eigenvalue weighted by Gasteiger charge is 2.06. The number of hydrogen-bond acceptors (Lipinski definition) is 2. The number of carbonyl (C=O) groups is 1. The van der Waals surface area contributed by atoms with Crippen molar-refractivity contribution in [1.82, 2.24) is 9.55 Å². The summed E-state index contributed by atoms with van der Waals surface area (Å²) in [6.45, 7) is 3.51. The number of para-hydroxylation sites is 1. The Morgan fingerprint density at radius 2 is 2.23 bits per heavy atom. The third-order valence-electron chi connectivity index (χ3n) is 2.11. The van der Waals surface area contributed by atoms with E-state index in [2.05, 4.69) is 4.98 Å². The first-order chi connectivity index (χ1) is 6.20. The zero-order chi connectivity index (χ0) is 9.42. The number of nitrogens with zero attached hydrogens (tertiary/aromatic N) is 2. The molecule has 0 N–H and O–H groups in total. The molecule has 0 radical (unpaired) electrons. The minimum Gasteiger partial charge on any atom is -0.274 e. The maximum atomic E-state index is 11.2. The zero-order valence-corrected chi connectivity index (χ0v) is 7.61. The zero-order valence-electron chi connectivity index (χ0n) is 7.61. The van der Waals surface area contributed by atoms with Crippen LogP contribution in [0, 0.1) is 6.92 Å². The maximum absolute atomic E-state index is 11.2. The van der Waals surface area contributed by atoms with Gasteiger partial charge in [-0.25, -0.2) is 4.98 Å². The molecule has 0 fully saturated rings. The molecule has 0 bridgehead atoms. The van der Waals surface area contributed by atoms with Gasteiger partial charge in [0.2, 0.25) is 5.91 Å². The van der Waals surface area contributed by atoms with Gasteiger partial charge in [0.15, 0.2) is 0 Å². The predicted molar refractivity (Wildman–Crippen MR) is 50.8 cm³/mol. The molecular weight excluding hydrogens is 164 g/mol. The maximum Gasteiger partial charge on any atom is 0.229 e. The van der Waals surface area contributed by atoms with Crippen LogP contribution in [0.4, 0.5) is 0 Å². The summed E-state index contributed by atoms with van der Waals surface area (Å²) in [5.41, 5.74) is 2.86. The molecule has 0 saturated carbocycles. The van der Waals surface area contributed by atoms with Crippen molar-refractivity contribution in [1.29, 1.82) is 0 Å². The largest absolute Gasteiger partial charge is 0.274 e. The highest BCUT2D eigenvalue weighted by Crippen LogP contribution is 2.16. The normalized spacial score (nSPS) is 10.6. The van der Waals surface area contributed by atoms with E-state index in [1.807, 2.05) is 25.1 Å². The van der Waals surface area contributed by atoms with E-state index in [9.17, 15) is 4.79 Å². The van der Waals surface area contributed by atoms with E-state index in [1.165, 1.54) is 6.92 Å². The number of fused-ring (bicyclic) bond motifs is 1. The highest BCUT2D eigenvalue weighted by molar-refractivity contribution is 5.90. The molecule has 1 heterocycles. The second-order valence-corrected chi connectivity index (χ2v) is 3.08. The number of hydrogen-bond donors (Lipinski definition) is 0. The lowest BCUT2D eigenvalue weighted by Crippen LogP contribution is -2.03. The van der Waals surface area contributed by atoms with Crippen molar-refractivity contribution in [2.45, 2.75) is 13.8 Å². The van der Waals surface area contributed by atoms with Crippen LogP contribution in [0.25, 0.3) is 11.0 Å². The van der Waals surface area contributed by atoms with Crippen LogP contribution in [0.5, 0.6) is 0 Å². The van der Waals surface area contributed by atoms with Gasteiger partial charge in [-0.1, -0.05) is 12.1 Å². The molecule has 0 aliphatic rings. The van der Waals surface area contributed by atoms with E-state index in [0.717, 1.165) is 16.6 Å². The molecule has 3 nitrogen and oxygen atoms in total. The van der Waals surface area contributed by atoms with Crippen LogP contribution in [0.15, 0.2) is 24.5 Å². The highest BCUT2D eigenvalue weighted by atomic mass is 16.1. The van der Waals surface area contributed by atoms with Gasteiger partial charge in [0.1, 0.15) is 6.33 Å². The van der Waals surface area contributed by atoms with Gasteiger partial charge in [-0.3, -0.25) is 9.36 Å². The third-order valence-corrected chi connectivity index (χ3v) is 2.11. The first kappa shape index (κ1) is 7.98. The molecule has 0 amide bonds. The second-order valence-electron chi connectivity index (χ2n) is 3.08. The fourth-order valence-corrected chi connectivity index (χ4v) is 1.48. The number of imidazole rings is 1. The molecule has 0 unspecified atom stereocenters. The fourth-order valence-electron chi connectivity index (χ4n) is 1.48. The monoisotopic (exact) mass is 174 g/mol. The van der Waals surface area contributed by atoms with E-state index in [1.54, 1.807) is 10.9 Å². The van der Waals surface area contributed by atoms with Gasteiger partial charge in [-0.05, 0) is 18.6 Å². The Labute approximate surface area is 76.0 Å². The fraction of sp³-hybridized carbons (Fsp3) is 0.200. The molecule has 0 saturated heterocycles. The summed E-state index contributed by atoms with van der Waals surface area (Å²) in [5, 5.41) is 0. The van der Waals surface area contributed by atoms with Crippen molar-refractivity contribution in [2.75, 3.05) is 0 Å². The molecule has 1 aromatic carbocycles. The van der Waals surface area contributed by atoms with Crippen molar-refractivity contribution in [3.8, 4) is 0 Å². The minimum absolute atomic E-state index is 0.00296. The molecule has 0 aliphatic heterocycles. The second kappa shape index (κ2) is 2.69. The number of benzene rings is 1. The Bertz CT molecular complexity index is 471. The number of carbonyl (C=O) groups excluding carboxylic acids is 1. The quantitative estimate of drug-likeness (QED) is 0.612. The van der Waals surface area contributed by atoms with Crippen LogP contribution in [0.2, 0.25) is 0 Å². The van der Waals surface area contributed by atoms with Crippen LogP contribution in [-0.4, -0.2) is 15.5 Å². The van der Waals surface area contributed by atoms with Gasteiger partial charge in [-0.2, -0.15) is 0 Å². The van der Waals surface area contributed by atoms with Crippen molar-refractivity contribution in [3.63, 3.8) is 0 Å². The summed E-state index contributed by atoms with van der Waals surface area (Å²) >= 11 is 0. The standard InChI is InChI=1S/C10H10N2O/c1-7-4-3-5-9-10(7)12(6-11-9)8(2)13/h3-6H,1-2H3. The Kier molecular flexibility index (Phi) is 1.65. The van der Waals surface area contributed by atoms with Crippen LogP contribution in [0.1, 0.15) is 17.3 Å². The Balaban J connectivity index is 2.86. The van der Waals surface area contributed by atoms with Crippen LogP contribution >= 0.6 is 0 Å². The van der Waals surface area contributed by atoms with E-state index >= 15 is 0 Å². The van der Waals surface area contributed by atoms with Gasteiger partial charge in [0, 0.05) is 6.92 Å². The van der Waals surface area contributed by atoms with E-state index in [4.69, 9.17) is 0 Å². The topological polar surface area (TPSA) is 34.9 Å². The number of aromatic nitrogens is 2. The molecule has 1 aromatic heterocycles. The van der Waals surface area contributed by atoms with Crippen molar-refractivity contribution in [2.24, 2.45) is 0 Å². The molecule has 13 heavy (non-hydrogen) atoms. The minimum atomic E-state index is -0.00296. The number of aryl methyl sites for hydroxylation is 1. The third kappa shape index (κ3) is 1.13. The van der Waals surface area contributed by atoms with Crippen molar-refractivity contribution < 1.29 is 4.79 Å². The summed E-state index contributed by atoms with van der Waals surface area (Å²) in [7, 11) is 0. The lowest BCUT2D eigenvalue weighted by Gasteiger charge is -1.99. The Morgan fingerprint density at radius 1 is 1.46 bits per heavy atom. The lowest BCUT2D eigenvalue weighted by molar-refractivity contribution is 0.0941. The van der Waals surface area contributed by atoms with Crippen LogP contribution in [-0.2, 0) is 0 Å². The molecule has 2 rings (SSSR count). The summed E-state index contributed by atoms with van der Waals surface area (Å²) in [6.07, 6.45) is 1.57.